The summed E-state index contributed by atoms with van der Waals surface area (Å²) >= 11 is 0. The highest BCUT2D eigenvalue weighted by Crippen LogP contribution is 2.36. The minimum Gasteiger partial charge on any atom is -0.444 e. The average molecular weight is 578 g/mol. The van der Waals surface area contributed by atoms with E-state index in [4.69, 9.17) is 9.15 Å². The smallest absolute Gasteiger partial charge is 0.416 e. The first-order valence-electron chi connectivity index (χ1n) is 12.6. The fourth-order valence-corrected chi connectivity index (χ4v) is 4.06. The number of hydrogen-bond donors (Lipinski definition) is 1. The lowest BCUT2D eigenvalue weighted by Crippen LogP contribution is -2.42. The number of oxazole rings is 1. The number of ether oxygens (including phenoxy) is 1. The molecule has 1 saturated heterocycles. The van der Waals surface area contributed by atoms with Crippen molar-refractivity contribution in [3.63, 3.8) is 0 Å². The normalized spacial score (nSPS) is 15.2. The Bertz CT molecular complexity index is 1470. The molecule has 0 saturated carbocycles. The van der Waals surface area contributed by atoms with Gasteiger partial charge in [0.1, 0.15) is 29.9 Å². The predicted molar refractivity (Wildman–Crippen MR) is 141 cm³/mol. The monoisotopic (exact) mass is 577 g/mol. The summed E-state index contributed by atoms with van der Waals surface area (Å²) in [6.45, 7) is 7.07. The lowest BCUT2D eigenvalue weighted by atomic mass is 9.92. The van der Waals surface area contributed by atoms with Crippen LogP contribution in [-0.4, -0.2) is 62.5 Å². The van der Waals surface area contributed by atoms with Gasteiger partial charge in [-0.2, -0.15) is 18.3 Å². The highest BCUT2D eigenvalue weighted by molar-refractivity contribution is 6.07. The van der Waals surface area contributed by atoms with Gasteiger partial charge in [0.2, 0.25) is 11.8 Å². The Kier molecular flexibility index (Phi) is 7.58. The highest BCUT2D eigenvalue weighted by Gasteiger charge is 2.41. The molecule has 1 aliphatic heterocycles. The van der Waals surface area contributed by atoms with Crippen molar-refractivity contribution in [3.05, 3.63) is 36.5 Å². The van der Waals surface area contributed by atoms with Crippen LogP contribution in [0.2, 0.25) is 0 Å². The molecule has 0 unspecified atom stereocenters. The molecule has 0 bridgehead atoms. The Labute approximate surface area is 233 Å². The van der Waals surface area contributed by atoms with Crippen molar-refractivity contribution < 1.29 is 36.7 Å². The molecule has 0 radical (unpaired) electrons. The second kappa shape index (κ2) is 10.5. The number of alkyl halides is 3. The number of halogens is 3. The number of hydrogen-bond acceptors (Lipinski definition) is 8. The van der Waals surface area contributed by atoms with Crippen LogP contribution < -0.4 is 15.1 Å². The van der Waals surface area contributed by atoms with Crippen molar-refractivity contribution in [1.82, 2.24) is 19.7 Å². The van der Waals surface area contributed by atoms with Crippen LogP contribution >= 0.6 is 0 Å². The molecule has 220 valence electrons. The van der Waals surface area contributed by atoms with E-state index in [1.54, 1.807) is 13.2 Å². The van der Waals surface area contributed by atoms with Crippen LogP contribution in [0.4, 0.5) is 35.3 Å². The van der Waals surface area contributed by atoms with E-state index in [-0.39, 0.29) is 28.9 Å². The Morgan fingerprint density at radius 3 is 2.56 bits per heavy atom. The molecule has 4 heterocycles. The van der Waals surface area contributed by atoms with Crippen LogP contribution in [0, 0.1) is 5.41 Å². The minimum absolute atomic E-state index is 0.0992. The maximum absolute atomic E-state index is 13.3. The molecule has 1 fully saturated rings. The van der Waals surface area contributed by atoms with E-state index in [1.807, 2.05) is 13.8 Å². The van der Waals surface area contributed by atoms with Crippen molar-refractivity contribution in [2.24, 2.45) is 12.5 Å². The summed E-state index contributed by atoms with van der Waals surface area (Å²) in [4.78, 5) is 48.3. The standard InChI is InChI=1S/C26H30F3N7O5/c1-24(2,3)41-23(39)36(14-26(27,28)29)18-11-15(7-9-30-18)21-32-17(13-40-21)20(37)31-16-12-34(6)33-19(16)35-10-8-25(4,5)22(35)38/h7,9,11-13H,8,10,14H2,1-6H3,(H,31,37). The topological polar surface area (TPSA) is 136 Å². The number of pyridine rings is 1. The summed E-state index contributed by atoms with van der Waals surface area (Å²) in [5.74, 6) is -0.933. The van der Waals surface area contributed by atoms with Gasteiger partial charge in [-0.05, 0) is 39.3 Å². The van der Waals surface area contributed by atoms with Crippen molar-refractivity contribution in [1.29, 1.82) is 0 Å². The van der Waals surface area contributed by atoms with Crippen LogP contribution in [0.3, 0.4) is 0 Å². The van der Waals surface area contributed by atoms with Crippen molar-refractivity contribution >= 4 is 35.2 Å². The molecule has 0 aromatic carbocycles. The number of anilines is 3. The summed E-state index contributed by atoms with van der Waals surface area (Å²) in [5.41, 5.74) is -1.28. The zero-order chi connectivity index (χ0) is 30.3. The number of aryl methyl sites for hydroxylation is 1. The number of nitrogens with one attached hydrogen (secondary N) is 1. The molecule has 0 atom stereocenters. The molecule has 1 aliphatic rings. The average Bonchev–Trinajstić information content (AvgIpc) is 3.54. The van der Waals surface area contributed by atoms with Gasteiger partial charge in [-0.25, -0.2) is 14.8 Å². The second-order valence-electron chi connectivity index (χ2n) is 11.2. The third-order valence-corrected chi connectivity index (χ3v) is 6.05. The van der Waals surface area contributed by atoms with Gasteiger partial charge in [0.05, 0.1) is 6.20 Å². The van der Waals surface area contributed by atoms with Gasteiger partial charge >= 0.3 is 12.3 Å². The number of amides is 3. The zero-order valence-corrected chi connectivity index (χ0v) is 23.4. The first-order chi connectivity index (χ1) is 18.9. The Hall–Kier alpha value is -4.43. The summed E-state index contributed by atoms with van der Waals surface area (Å²) in [7, 11) is 1.65. The second-order valence-corrected chi connectivity index (χ2v) is 11.2. The molecule has 3 aromatic heterocycles. The summed E-state index contributed by atoms with van der Waals surface area (Å²) < 4.78 is 51.9. The molecule has 41 heavy (non-hydrogen) atoms. The van der Waals surface area contributed by atoms with Gasteiger partial charge in [0.15, 0.2) is 11.5 Å². The van der Waals surface area contributed by atoms with Crippen LogP contribution in [-0.2, 0) is 16.6 Å². The fraction of sp³-hybridized carbons (Fsp3) is 0.462. The van der Waals surface area contributed by atoms with Crippen molar-refractivity contribution in [2.45, 2.75) is 52.8 Å². The maximum atomic E-state index is 13.3. The number of carbonyl (C=O) groups is 3. The molecular formula is C26H30F3N7O5. The molecule has 4 rings (SSSR count). The lowest BCUT2D eigenvalue weighted by Gasteiger charge is -2.27. The molecule has 3 amide bonds. The third kappa shape index (κ3) is 6.84. The SMILES string of the molecule is Cn1cc(NC(=O)c2coc(-c3ccnc(N(CC(F)(F)F)C(=O)OC(C)(C)C)c3)n2)c(N2CCC(C)(C)C2=O)n1. The maximum Gasteiger partial charge on any atom is 0.416 e. The minimum atomic E-state index is -4.73. The number of rotatable bonds is 6. The Balaban J connectivity index is 1.56. The number of carbonyl (C=O) groups excluding carboxylic acids is 3. The lowest BCUT2D eigenvalue weighted by molar-refractivity contribution is -0.124. The van der Waals surface area contributed by atoms with Gasteiger partial charge < -0.3 is 14.5 Å². The molecule has 12 nitrogen and oxygen atoms in total. The van der Waals surface area contributed by atoms with E-state index in [0.717, 1.165) is 6.26 Å². The van der Waals surface area contributed by atoms with Crippen LogP contribution in [0.1, 0.15) is 51.5 Å². The number of aromatic nitrogens is 4. The number of nitrogens with zero attached hydrogens (tertiary/aromatic N) is 6. The van der Waals surface area contributed by atoms with E-state index in [1.165, 1.54) is 48.7 Å². The van der Waals surface area contributed by atoms with Gasteiger partial charge in [0, 0.05) is 30.8 Å². The summed E-state index contributed by atoms with van der Waals surface area (Å²) in [5, 5.41) is 7.01. The van der Waals surface area contributed by atoms with E-state index in [9.17, 15) is 27.6 Å². The predicted octanol–water partition coefficient (Wildman–Crippen LogP) is 4.79. The quantitative estimate of drug-likeness (QED) is 0.442. The zero-order valence-electron chi connectivity index (χ0n) is 23.4. The molecule has 15 heteroatoms. The molecule has 0 aliphatic carbocycles. The molecular weight excluding hydrogens is 547 g/mol. The largest absolute Gasteiger partial charge is 0.444 e. The van der Waals surface area contributed by atoms with Crippen LogP contribution in [0.5, 0.6) is 0 Å². The summed E-state index contributed by atoms with van der Waals surface area (Å²) in [6, 6.07) is 2.57. The Morgan fingerprint density at radius 2 is 1.95 bits per heavy atom. The molecule has 1 N–H and O–H groups in total. The third-order valence-electron chi connectivity index (χ3n) is 6.05. The van der Waals surface area contributed by atoms with E-state index >= 15 is 0 Å². The molecule has 0 spiro atoms. The van der Waals surface area contributed by atoms with Gasteiger partial charge in [-0.15, -0.1) is 0 Å². The fourth-order valence-electron chi connectivity index (χ4n) is 4.06. The van der Waals surface area contributed by atoms with Gasteiger partial charge in [-0.3, -0.25) is 24.1 Å². The van der Waals surface area contributed by atoms with E-state index in [0.29, 0.717) is 29.4 Å². The van der Waals surface area contributed by atoms with E-state index < -0.39 is 35.7 Å². The molecule has 3 aromatic rings. The van der Waals surface area contributed by atoms with E-state index in [2.05, 4.69) is 20.4 Å². The Morgan fingerprint density at radius 1 is 1.24 bits per heavy atom. The van der Waals surface area contributed by atoms with Crippen molar-refractivity contribution in [3.8, 4) is 11.5 Å². The first kappa shape index (κ1) is 29.6. The van der Waals surface area contributed by atoms with Crippen LogP contribution in [0.15, 0.2) is 35.2 Å². The highest BCUT2D eigenvalue weighted by atomic mass is 19.4. The summed E-state index contributed by atoms with van der Waals surface area (Å²) in [6.07, 6.45) is -1.54. The first-order valence-corrected chi connectivity index (χ1v) is 12.6. The van der Waals surface area contributed by atoms with Gasteiger partial charge in [-0.1, -0.05) is 13.8 Å². The van der Waals surface area contributed by atoms with Crippen LogP contribution in [0.25, 0.3) is 11.5 Å². The van der Waals surface area contributed by atoms with Crippen molar-refractivity contribution in [2.75, 3.05) is 28.2 Å². The van der Waals surface area contributed by atoms with Gasteiger partial charge in [0.25, 0.3) is 5.91 Å².